The molecule has 20 aromatic carbocycles. The minimum atomic E-state index is 0. The molecule has 26 rings (SSSR count). The second kappa shape index (κ2) is 33.6. The van der Waals surface area contributed by atoms with Gasteiger partial charge in [-0.15, -0.1) is 0 Å². The average molecular weight is 1810 g/mol. The van der Waals surface area contributed by atoms with E-state index in [-0.39, 0.29) is 14.9 Å². The van der Waals surface area contributed by atoms with Crippen LogP contribution in [0.15, 0.2) is 338 Å². The molecule has 0 aliphatic heterocycles. The summed E-state index contributed by atoms with van der Waals surface area (Å²) >= 11 is 7.30. The van der Waals surface area contributed by atoms with Crippen LogP contribution >= 0.6 is 31.9 Å². The van der Waals surface area contributed by atoms with Crippen LogP contribution in [-0.4, -0.2) is 0 Å². The molecule has 8 heteroatoms. The standard InChI is InChI=1S/C74H60N2O2.C29H27NO.C16H8Br2.2CH4/c1-45-19-9-15-31-61(45)75(65-33-17-29-57-69-53-27-13-11-25-51(53)43-59(73(69)77-71(57)65)47-21-5-3-6-22-47)63-41-37-49-36-40-56-64(42-38-50-35-39-55(63)67(49)68(50)56)76(62-32-16-10-20-46(62)2)66-34-18-30-58-70-54-28-14-12-26-52(54)44-60(74(70)78-72(58)66)48-23-7-4-8-24-48;1-19-10-5-8-16-25(19)30-26-17-9-15-23-27-22-14-7-6-13-21(22)18-24(29(27)31-28(23)26)20-11-3-2-4-12-20;17-13-8-4-10-2-6-12-14(18)7-3-9-1-5-11(13)16(10)15(9)12;;/h9-20,25-44,47-48H,3-8,21-24H2,1-2H3;5-10,13-18,20,30H,2-4,11-12H2,1H3;1-8H;2*1H4. The first-order valence-electron chi connectivity index (χ1n) is 46.0. The van der Waals surface area contributed by atoms with Gasteiger partial charge in [-0.25, -0.2) is 0 Å². The molecule has 3 aliphatic carbocycles. The van der Waals surface area contributed by atoms with Crippen molar-refractivity contribution in [1.29, 1.82) is 0 Å². The van der Waals surface area contributed by atoms with Gasteiger partial charge in [0.2, 0.25) is 0 Å². The van der Waals surface area contributed by atoms with Gasteiger partial charge in [0.15, 0.2) is 16.7 Å². The molecule has 3 fully saturated rings. The summed E-state index contributed by atoms with van der Waals surface area (Å²) in [6.07, 6.45) is 19.0. The number of hydrogen-bond donors (Lipinski definition) is 1. The van der Waals surface area contributed by atoms with Crippen molar-refractivity contribution in [3.05, 3.63) is 358 Å². The van der Waals surface area contributed by atoms with Gasteiger partial charge in [-0.05, 0) is 275 Å². The molecule has 634 valence electrons. The zero-order valence-corrected chi connectivity index (χ0v) is 74.9. The summed E-state index contributed by atoms with van der Waals surface area (Å²) in [7, 11) is 0. The van der Waals surface area contributed by atoms with Gasteiger partial charge < -0.3 is 28.4 Å². The summed E-state index contributed by atoms with van der Waals surface area (Å²) in [4.78, 5) is 4.98. The molecule has 3 aliphatic rings. The predicted molar refractivity (Wildman–Crippen MR) is 561 cm³/mol. The van der Waals surface area contributed by atoms with Crippen molar-refractivity contribution in [3.8, 4) is 0 Å². The molecule has 3 saturated carbocycles. The molecule has 3 heterocycles. The number of fused-ring (bicyclic) bond motifs is 15. The Morgan fingerprint density at radius 3 is 0.938 bits per heavy atom. The van der Waals surface area contributed by atoms with Crippen LogP contribution in [0.5, 0.6) is 0 Å². The Kier molecular flexibility index (Phi) is 21.3. The number of para-hydroxylation sites is 6. The Morgan fingerprint density at radius 1 is 0.233 bits per heavy atom. The lowest BCUT2D eigenvalue weighted by atomic mass is 9.82. The van der Waals surface area contributed by atoms with E-state index in [1.54, 1.807) is 0 Å². The maximum atomic E-state index is 7.45. The van der Waals surface area contributed by atoms with Gasteiger partial charge >= 0.3 is 0 Å². The lowest BCUT2D eigenvalue weighted by molar-refractivity contribution is 0.442. The molecule has 0 radical (unpaired) electrons. The van der Waals surface area contributed by atoms with Crippen LogP contribution in [0.4, 0.5) is 45.5 Å². The smallest absolute Gasteiger partial charge is 0.159 e. The van der Waals surface area contributed by atoms with Crippen molar-refractivity contribution in [2.45, 2.75) is 150 Å². The topological polar surface area (TPSA) is 57.9 Å². The molecular formula is C121H103Br2N3O3. The highest BCUT2D eigenvalue weighted by Crippen LogP contribution is 2.56. The molecule has 23 aromatic rings. The summed E-state index contributed by atoms with van der Waals surface area (Å²) in [5, 5.41) is 33.7. The Morgan fingerprint density at radius 2 is 0.535 bits per heavy atom. The highest BCUT2D eigenvalue weighted by Gasteiger charge is 2.32. The van der Waals surface area contributed by atoms with Crippen molar-refractivity contribution in [2.24, 2.45) is 0 Å². The molecule has 0 atom stereocenters. The van der Waals surface area contributed by atoms with Crippen molar-refractivity contribution in [3.63, 3.8) is 0 Å². The van der Waals surface area contributed by atoms with Crippen molar-refractivity contribution in [2.75, 3.05) is 15.1 Å². The quantitative estimate of drug-likeness (QED) is 0.130. The van der Waals surface area contributed by atoms with Crippen LogP contribution < -0.4 is 15.1 Å². The summed E-state index contributed by atoms with van der Waals surface area (Å²) < 4.78 is 23.9. The first-order valence-corrected chi connectivity index (χ1v) is 47.6. The Labute approximate surface area is 770 Å². The third-order valence-electron chi connectivity index (χ3n) is 28.9. The zero-order chi connectivity index (χ0) is 84.6. The Balaban J connectivity index is 0.000000155. The molecule has 0 saturated heterocycles. The van der Waals surface area contributed by atoms with E-state index in [2.05, 4.69) is 383 Å². The molecule has 0 unspecified atom stereocenters. The minimum Gasteiger partial charge on any atom is -0.454 e. The van der Waals surface area contributed by atoms with Crippen molar-refractivity contribution >= 4 is 240 Å². The second-order valence-corrected chi connectivity index (χ2v) is 38.0. The summed E-state index contributed by atoms with van der Waals surface area (Å²) in [6, 6.07) is 116. The molecule has 3 aromatic heterocycles. The highest BCUT2D eigenvalue weighted by molar-refractivity contribution is 9.11. The number of nitrogens with zero attached hydrogens (tertiary/aromatic N) is 2. The normalized spacial score (nSPS) is 14.3. The van der Waals surface area contributed by atoms with E-state index >= 15 is 0 Å². The zero-order valence-electron chi connectivity index (χ0n) is 71.7. The van der Waals surface area contributed by atoms with Crippen LogP contribution in [0.1, 0.15) is 162 Å². The number of nitrogens with one attached hydrogen (secondary N) is 1. The summed E-state index contributed by atoms with van der Waals surface area (Å²) in [5.74, 6) is 1.56. The number of benzene rings is 20. The molecule has 0 amide bonds. The first-order chi connectivity index (χ1) is 62.6. The number of rotatable bonds is 11. The molecule has 0 spiro atoms. The monoisotopic (exact) mass is 1800 g/mol. The fraction of sp³-hybridized carbons (Fsp3) is 0.190. The van der Waals surface area contributed by atoms with Gasteiger partial charge in [-0.3, -0.25) is 0 Å². The van der Waals surface area contributed by atoms with Gasteiger partial charge in [-0.2, -0.15) is 0 Å². The van der Waals surface area contributed by atoms with E-state index < -0.39 is 0 Å². The first kappa shape index (κ1) is 81.8. The molecule has 129 heavy (non-hydrogen) atoms. The van der Waals surface area contributed by atoms with Gasteiger partial charge in [0.1, 0.15) is 16.7 Å². The minimum absolute atomic E-state index is 0. The van der Waals surface area contributed by atoms with E-state index in [0.717, 1.165) is 98.7 Å². The third kappa shape index (κ3) is 13.7. The predicted octanol–water partition coefficient (Wildman–Crippen LogP) is 38.6. The molecule has 1 N–H and O–H groups in total. The van der Waals surface area contributed by atoms with E-state index in [0.29, 0.717) is 17.8 Å². The van der Waals surface area contributed by atoms with Crippen LogP contribution in [-0.2, 0) is 0 Å². The summed E-state index contributed by atoms with van der Waals surface area (Å²) in [5.41, 5.74) is 22.4. The van der Waals surface area contributed by atoms with E-state index in [9.17, 15) is 0 Å². The maximum Gasteiger partial charge on any atom is 0.159 e. The maximum absolute atomic E-state index is 7.45. The fourth-order valence-corrected chi connectivity index (χ4v) is 23.7. The molecule has 6 nitrogen and oxygen atoms in total. The van der Waals surface area contributed by atoms with Crippen molar-refractivity contribution in [1.82, 2.24) is 0 Å². The van der Waals surface area contributed by atoms with Crippen LogP contribution in [0.25, 0.3) is 163 Å². The van der Waals surface area contributed by atoms with E-state index in [4.69, 9.17) is 13.3 Å². The Bertz CT molecular complexity index is 7920. The van der Waals surface area contributed by atoms with Crippen LogP contribution in [0.2, 0.25) is 0 Å². The fourth-order valence-electron chi connectivity index (χ4n) is 22.7. The number of halogens is 2. The number of anilines is 8. The number of aryl methyl sites for hydroxylation is 3. The summed E-state index contributed by atoms with van der Waals surface area (Å²) in [6.45, 7) is 6.61. The van der Waals surface area contributed by atoms with Crippen LogP contribution in [0, 0.1) is 20.8 Å². The second-order valence-electron chi connectivity index (χ2n) is 36.3. The van der Waals surface area contributed by atoms with Crippen molar-refractivity contribution < 1.29 is 13.3 Å². The van der Waals surface area contributed by atoms with Crippen LogP contribution in [0.3, 0.4) is 0 Å². The Hall–Kier alpha value is -13.0. The molecule has 0 bridgehead atoms. The lowest BCUT2D eigenvalue weighted by Crippen LogP contribution is -2.13. The third-order valence-corrected chi connectivity index (χ3v) is 30.3. The highest BCUT2D eigenvalue weighted by atomic mass is 79.9. The SMILES string of the molecule is Brc1ccc2ccc3c(Br)ccc4ccc1c2c43.C.C.Cc1ccccc1N(c1ccc2ccc3c(N(c4ccccc4C)c4cccc5c4oc4c(C6CCCCC6)cc6ccccc6c45)ccc4ccc1c2c43)c1cccc2c1oc1c(C3CCCCC3)cc3ccccc3c12.Cc1ccccc1Nc1cccc2c1oc1c(C3CCCCC3)cc3ccccc3c12. The van der Waals surface area contributed by atoms with Gasteiger partial charge in [0, 0.05) is 69.1 Å². The van der Waals surface area contributed by atoms with Gasteiger partial charge in [-0.1, -0.05) is 341 Å². The number of furan rings is 3. The van der Waals surface area contributed by atoms with E-state index in [1.807, 2.05) is 0 Å². The lowest BCUT2D eigenvalue weighted by Gasteiger charge is -2.30. The largest absolute Gasteiger partial charge is 0.454 e. The molecular weight excluding hydrogens is 1700 g/mol. The van der Waals surface area contributed by atoms with E-state index in [1.165, 1.54) is 248 Å². The van der Waals surface area contributed by atoms with Gasteiger partial charge in [0.05, 0.1) is 28.4 Å². The number of hydrogen-bond acceptors (Lipinski definition) is 6. The van der Waals surface area contributed by atoms with Gasteiger partial charge in [0.25, 0.3) is 0 Å². The average Bonchev–Trinajstić information content (AvgIpc) is 1.51.